The molecule has 6 heteroatoms. The highest BCUT2D eigenvalue weighted by atomic mass is 31.1. The minimum atomic E-state index is -0.556. The molecule has 0 aliphatic rings. The van der Waals surface area contributed by atoms with E-state index in [1.807, 2.05) is 0 Å². The first-order valence-electron chi connectivity index (χ1n) is 22.6. The molecule has 4 nitrogen and oxygen atoms in total. The van der Waals surface area contributed by atoms with E-state index in [0.29, 0.717) is 39.6 Å². The van der Waals surface area contributed by atoms with Crippen LogP contribution in [-0.4, -0.2) is 39.6 Å². The lowest BCUT2D eigenvalue weighted by Gasteiger charge is -2.34. The molecule has 6 aromatic carbocycles. The van der Waals surface area contributed by atoms with Crippen LogP contribution < -0.4 is 30.7 Å². The summed E-state index contributed by atoms with van der Waals surface area (Å²) >= 11 is 0. The Morgan fingerprint density at radius 2 is 0.698 bits per heavy atom. The van der Waals surface area contributed by atoms with E-state index in [9.17, 15) is 0 Å². The van der Waals surface area contributed by atoms with Gasteiger partial charge in [-0.2, -0.15) is 0 Å². The molecule has 6 aromatic rings. The van der Waals surface area contributed by atoms with Crippen LogP contribution in [-0.2, 0) is 21.8 Å². The molecule has 332 valence electrons. The first-order chi connectivity index (χ1) is 30.2. The van der Waals surface area contributed by atoms with Crippen LogP contribution in [0, 0.1) is 52.4 Å². The summed E-state index contributed by atoms with van der Waals surface area (Å²) < 4.78 is 25.6. The lowest BCUT2D eigenvalue weighted by molar-refractivity contribution is -0.00834. The monoisotopic (exact) mass is 880 g/mol. The van der Waals surface area contributed by atoms with Gasteiger partial charge in [0.2, 0.25) is 0 Å². The van der Waals surface area contributed by atoms with Crippen molar-refractivity contribution in [3.05, 3.63) is 178 Å². The highest BCUT2D eigenvalue weighted by Crippen LogP contribution is 2.44. The maximum absolute atomic E-state index is 6.51. The van der Waals surface area contributed by atoms with Gasteiger partial charge in [0, 0.05) is 12.3 Å². The van der Waals surface area contributed by atoms with Crippen molar-refractivity contribution >= 4 is 37.1 Å². The summed E-state index contributed by atoms with van der Waals surface area (Å²) in [6.07, 6.45) is 2.93. The molecule has 63 heavy (non-hydrogen) atoms. The molecule has 0 unspecified atom stereocenters. The Hall–Kier alpha value is -4.30. The summed E-state index contributed by atoms with van der Waals surface area (Å²) in [6, 6.07) is 48.4. The second-order valence-electron chi connectivity index (χ2n) is 18.7. The minimum Gasteiger partial charge on any atom is -0.491 e. The Balaban J connectivity index is 0.971. The molecule has 0 spiro atoms. The number of hydrogen-bond donors (Lipinski definition) is 0. The van der Waals surface area contributed by atoms with E-state index in [2.05, 4.69) is 203 Å². The number of rotatable bonds is 22. The zero-order valence-electron chi connectivity index (χ0n) is 39.6. The van der Waals surface area contributed by atoms with Gasteiger partial charge in [-0.3, -0.25) is 0 Å². The summed E-state index contributed by atoms with van der Waals surface area (Å²) in [5.41, 5.74) is 10.2. The van der Waals surface area contributed by atoms with Crippen molar-refractivity contribution in [2.24, 2.45) is 10.8 Å². The summed E-state index contributed by atoms with van der Waals surface area (Å²) in [6.45, 7) is 25.8. The number of hydrogen-bond acceptors (Lipinski definition) is 4. The lowest BCUT2D eigenvalue weighted by Crippen LogP contribution is -2.31. The van der Waals surface area contributed by atoms with Crippen molar-refractivity contribution in [3.8, 4) is 11.5 Å². The van der Waals surface area contributed by atoms with Crippen LogP contribution in [0.15, 0.2) is 133 Å². The van der Waals surface area contributed by atoms with E-state index in [4.69, 9.17) is 18.9 Å². The number of aryl methyl sites for hydroxylation is 4. The highest BCUT2D eigenvalue weighted by Gasteiger charge is 2.30. The van der Waals surface area contributed by atoms with Crippen LogP contribution in [0.3, 0.4) is 0 Å². The fraction of sp³-hybridized carbons (Fsp3) is 0.368. The summed E-state index contributed by atoms with van der Waals surface area (Å²) in [5, 5.41) is 5.58. The molecular formula is C57H70O4P2. The fourth-order valence-electron chi connectivity index (χ4n) is 9.25. The van der Waals surface area contributed by atoms with Crippen LogP contribution in [0.25, 0.3) is 0 Å². The molecule has 0 N–H and O–H groups in total. The molecule has 0 atom stereocenters. The smallest absolute Gasteiger partial charge is 0.125 e. The van der Waals surface area contributed by atoms with Gasteiger partial charge in [-0.05, 0) is 140 Å². The SMILES string of the molecule is Cc1cc(C)c(OCCOCC(C)(C)CC(C)(C)COCCOc2c(C)cc(C)c(CP(c3ccccc3)c3ccccc3)c2C)c(C)c1CP(c1ccccc1)c1ccccc1. The van der Waals surface area contributed by atoms with Crippen LogP contribution in [0.1, 0.15) is 78.6 Å². The van der Waals surface area contributed by atoms with Gasteiger partial charge in [0.05, 0.1) is 26.4 Å². The van der Waals surface area contributed by atoms with Crippen molar-refractivity contribution < 1.29 is 18.9 Å². The van der Waals surface area contributed by atoms with E-state index in [0.717, 1.165) is 30.2 Å². The second-order valence-corrected chi connectivity index (χ2v) is 23.1. The van der Waals surface area contributed by atoms with E-state index in [-0.39, 0.29) is 10.8 Å². The van der Waals surface area contributed by atoms with Gasteiger partial charge in [0.15, 0.2) is 0 Å². The zero-order chi connectivity index (χ0) is 45.0. The van der Waals surface area contributed by atoms with Crippen LogP contribution in [0.5, 0.6) is 11.5 Å². The standard InChI is InChI=1S/C57H70O4P2/c1-42-35-44(3)54(46(5)52(42)37-62(48-23-15-11-16-24-48)49-25-17-12-18-26-49)60-33-31-58-40-56(7,8)39-57(9,10)41-59-32-34-61-55-45(4)36-43(2)53(47(55)6)38-63(50-27-19-13-20-28-50)51-29-21-14-22-30-51/h11-30,35-36H,31-34,37-41H2,1-10H3. The summed E-state index contributed by atoms with van der Waals surface area (Å²) in [7, 11) is -1.11. The third-order valence-corrected chi connectivity index (χ3v) is 16.9. The van der Waals surface area contributed by atoms with Gasteiger partial charge in [-0.1, -0.05) is 161 Å². The molecule has 6 rings (SSSR count). The molecule has 0 radical (unpaired) electrons. The Kier molecular flexibility index (Phi) is 17.2. The zero-order valence-corrected chi connectivity index (χ0v) is 41.4. The third-order valence-electron chi connectivity index (χ3n) is 11.9. The van der Waals surface area contributed by atoms with Gasteiger partial charge in [0.1, 0.15) is 24.7 Å². The Morgan fingerprint density at radius 3 is 1.00 bits per heavy atom. The van der Waals surface area contributed by atoms with E-state index in [1.54, 1.807) is 0 Å². The summed E-state index contributed by atoms with van der Waals surface area (Å²) in [4.78, 5) is 0. The van der Waals surface area contributed by atoms with Crippen molar-refractivity contribution in [1.29, 1.82) is 0 Å². The van der Waals surface area contributed by atoms with Gasteiger partial charge in [-0.25, -0.2) is 0 Å². The minimum absolute atomic E-state index is 0.0241. The molecule has 0 heterocycles. The average Bonchev–Trinajstić information content (AvgIpc) is 3.26. The van der Waals surface area contributed by atoms with Crippen LogP contribution in [0.2, 0.25) is 0 Å². The molecule has 0 saturated carbocycles. The van der Waals surface area contributed by atoms with Crippen LogP contribution in [0.4, 0.5) is 0 Å². The number of benzene rings is 6. The fourth-order valence-corrected chi connectivity index (χ4v) is 14.3. The van der Waals surface area contributed by atoms with Gasteiger partial charge >= 0.3 is 0 Å². The first kappa shape index (κ1) is 48.2. The maximum Gasteiger partial charge on any atom is 0.125 e. The van der Waals surface area contributed by atoms with Gasteiger partial charge < -0.3 is 18.9 Å². The molecule has 0 aliphatic carbocycles. The largest absolute Gasteiger partial charge is 0.491 e. The predicted octanol–water partition coefficient (Wildman–Crippen LogP) is 12.7. The van der Waals surface area contributed by atoms with Crippen molar-refractivity contribution in [3.63, 3.8) is 0 Å². The molecule has 0 saturated heterocycles. The third kappa shape index (κ3) is 13.4. The first-order valence-corrected chi connectivity index (χ1v) is 25.6. The highest BCUT2D eigenvalue weighted by molar-refractivity contribution is 7.72. The van der Waals surface area contributed by atoms with E-state index < -0.39 is 15.8 Å². The lowest BCUT2D eigenvalue weighted by atomic mass is 9.76. The Labute approximate surface area is 382 Å². The van der Waals surface area contributed by atoms with Crippen LogP contribution >= 0.6 is 15.8 Å². The van der Waals surface area contributed by atoms with Crippen molar-refractivity contribution in [2.75, 3.05) is 39.6 Å². The van der Waals surface area contributed by atoms with E-state index >= 15 is 0 Å². The molecular weight excluding hydrogens is 811 g/mol. The predicted molar refractivity (Wildman–Crippen MR) is 272 cm³/mol. The van der Waals surface area contributed by atoms with Crippen molar-refractivity contribution in [1.82, 2.24) is 0 Å². The van der Waals surface area contributed by atoms with Gasteiger partial charge in [-0.15, -0.1) is 0 Å². The molecule has 0 aliphatic heterocycles. The second kappa shape index (κ2) is 22.5. The Morgan fingerprint density at radius 1 is 0.397 bits per heavy atom. The number of ether oxygens (including phenoxy) is 4. The molecule has 0 fully saturated rings. The van der Waals surface area contributed by atoms with E-state index in [1.165, 1.54) is 65.7 Å². The molecule has 0 bridgehead atoms. The Bertz CT molecular complexity index is 2100. The normalized spacial score (nSPS) is 12.0. The summed E-state index contributed by atoms with van der Waals surface area (Å²) in [5.74, 6) is 1.98. The van der Waals surface area contributed by atoms with Crippen molar-refractivity contribution in [2.45, 2.75) is 88.0 Å². The molecule has 0 amide bonds. The molecule has 0 aromatic heterocycles. The van der Waals surface area contributed by atoms with Gasteiger partial charge in [0.25, 0.3) is 0 Å². The quantitative estimate of drug-likeness (QED) is 0.0503. The topological polar surface area (TPSA) is 36.9 Å². The average molecular weight is 881 g/mol. The maximum atomic E-state index is 6.51.